The standard InChI is InChI=1S/C15H16Cl2N2O2/c1-4-18-15-11(17)8-10(16)14(19-15)9-5-6-12(20-2)13(7-9)21-3/h5-8H,4H2,1-3H3,(H,18,19). The van der Waals surface area contributed by atoms with Crippen LogP contribution >= 0.6 is 23.2 Å². The topological polar surface area (TPSA) is 43.4 Å². The maximum atomic E-state index is 6.26. The van der Waals surface area contributed by atoms with Gasteiger partial charge >= 0.3 is 0 Å². The quantitative estimate of drug-likeness (QED) is 0.878. The minimum Gasteiger partial charge on any atom is -0.493 e. The predicted molar refractivity (Wildman–Crippen MR) is 87.0 cm³/mol. The van der Waals surface area contributed by atoms with E-state index in [1.165, 1.54) is 0 Å². The molecule has 0 radical (unpaired) electrons. The molecule has 0 aliphatic carbocycles. The highest BCUT2D eigenvalue weighted by molar-refractivity contribution is 6.37. The molecule has 0 fully saturated rings. The molecule has 1 heterocycles. The summed E-state index contributed by atoms with van der Waals surface area (Å²) in [4.78, 5) is 4.49. The van der Waals surface area contributed by atoms with Crippen LogP contribution in [0.25, 0.3) is 11.3 Å². The highest BCUT2D eigenvalue weighted by Crippen LogP contribution is 2.36. The predicted octanol–water partition coefficient (Wildman–Crippen LogP) is 4.50. The van der Waals surface area contributed by atoms with E-state index in [0.29, 0.717) is 33.1 Å². The van der Waals surface area contributed by atoms with E-state index in [1.807, 2.05) is 25.1 Å². The first-order valence-corrected chi connectivity index (χ1v) is 7.18. The fraction of sp³-hybridized carbons (Fsp3) is 0.267. The summed E-state index contributed by atoms with van der Waals surface area (Å²) in [6.45, 7) is 2.70. The second-order valence-corrected chi connectivity index (χ2v) is 5.06. The van der Waals surface area contributed by atoms with Gasteiger partial charge in [0.15, 0.2) is 11.5 Å². The van der Waals surface area contributed by atoms with Crippen molar-refractivity contribution < 1.29 is 9.47 Å². The van der Waals surface area contributed by atoms with Crippen molar-refractivity contribution in [2.75, 3.05) is 26.1 Å². The summed E-state index contributed by atoms with van der Waals surface area (Å²) in [7, 11) is 3.18. The van der Waals surface area contributed by atoms with Crippen molar-refractivity contribution in [1.29, 1.82) is 0 Å². The van der Waals surface area contributed by atoms with Crippen LogP contribution in [0.2, 0.25) is 10.0 Å². The zero-order chi connectivity index (χ0) is 15.4. The fourth-order valence-electron chi connectivity index (χ4n) is 1.94. The molecular formula is C15H16Cl2N2O2. The molecule has 0 unspecified atom stereocenters. The number of pyridine rings is 1. The first-order valence-electron chi connectivity index (χ1n) is 6.43. The molecule has 21 heavy (non-hydrogen) atoms. The Balaban J connectivity index is 2.53. The van der Waals surface area contributed by atoms with Gasteiger partial charge in [-0.1, -0.05) is 23.2 Å². The van der Waals surface area contributed by atoms with E-state index in [2.05, 4.69) is 10.3 Å². The fourth-order valence-corrected chi connectivity index (χ4v) is 2.48. The summed E-state index contributed by atoms with van der Waals surface area (Å²) in [6.07, 6.45) is 0. The van der Waals surface area contributed by atoms with Gasteiger partial charge in [0.05, 0.1) is 30.0 Å². The molecule has 0 aliphatic heterocycles. The summed E-state index contributed by atoms with van der Waals surface area (Å²) in [5, 5.41) is 4.08. The molecule has 0 spiro atoms. The molecule has 2 aromatic rings. The molecule has 1 aromatic heterocycles. The van der Waals surface area contributed by atoms with Crippen molar-refractivity contribution in [3.63, 3.8) is 0 Å². The zero-order valence-electron chi connectivity index (χ0n) is 12.0. The minimum absolute atomic E-state index is 0.480. The van der Waals surface area contributed by atoms with Crippen molar-refractivity contribution >= 4 is 29.0 Å². The molecule has 6 heteroatoms. The largest absolute Gasteiger partial charge is 0.493 e. The van der Waals surface area contributed by atoms with Crippen LogP contribution in [-0.2, 0) is 0 Å². The molecule has 0 amide bonds. The van der Waals surface area contributed by atoms with Gasteiger partial charge in [0.1, 0.15) is 5.82 Å². The van der Waals surface area contributed by atoms with E-state index in [4.69, 9.17) is 32.7 Å². The molecule has 1 aromatic carbocycles. The van der Waals surface area contributed by atoms with Gasteiger partial charge in [-0.25, -0.2) is 4.98 Å². The van der Waals surface area contributed by atoms with Crippen molar-refractivity contribution in [2.45, 2.75) is 6.92 Å². The van der Waals surface area contributed by atoms with Gasteiger partial charge in [-0.15, -0.1) is 0 Å². The lowest BCUT2D eigenvalue weighted by Crippen LogP contribution is -2.01. The monoisotopic (exact) mass is 326 g/mol. The number of methoxy groups -OCH3 is 2. The molecule has 4 nitrogen and oxygen atoms in total. The van der Waals surface area contributed by atoms with Crippen LogP contribution in [0.15, 0.2) is 24.3 Å². The molecule has 0 saturated heterocycles. The van der Waals surface area contributed by atoms with E-state index < -0.39 is 0 Å². The average molecular weight is 327 g/mol. The highest BCUT2D eigenvalue weighted by Gasteiger charge is 2.13. The molecule has 112 valence electrons. The Bertz CT molecular complexity index is 648. The zero-order valence-corrected chi connectivity index (χ0v) is 13.5. The minimum atomic E-state index is 0.480. The summed E-state index contributed by atoms with van der Waals surface area (Å²) in [6, 6.07) is 7.20. The Labute approximate surface area is 134 Å². The van der Waals surface area contributed by atoms with Crippen molar-refractivity contribution in [2.24, 2.45) is 0 Å². The number of ether oxygens (including phenoxy) is 2. The van der Waals surface area contributed by atoms with E-state index in [1.54, 1.807) is 20.3 Å². The third kappa shape index (κ3) is 3.34. The molecule has 0 atom stereocenters. The van der Waals surface area contributed by atoms with Gasteiger partial charge < -0.3 is 14.8 Å². The van der Waals surface area contributed by atoms with Crippen LogP contribution in [0, 0.1) is 0 Å². The van der Waals surface area contributed by atoms with Crippen LogP contribution in [-0.4, -0.2) is 25.7 Å². The molecular weight excluding hydrogens is 311 g/mol. The third-order valence-electron chi connectivity index (χ3n) is 2.93. The van der Waals surface area contributed by atoms with Crippen LogP contribution in [0.1, 0.15) is 6.92 Å². The number of anilines is 1. The van der Waals surface area contributed by atoms with Crippen molar-refractivity contribution in [3.8, 4) is 22.8 Å². The summed E-state index contributed by atoms with van der Waals surface area (Å²) in [5.41, 5.74) is 1.46. The van der Waals surface area contributed by atoms with Crippen LogP contribution < -0.4 is 14.8 Å². The summed E-state index contributed by atoms with van der Waals surface area (Å²) in [5.74, 6) is 1.87. The van der Waals surface area contributed by atoms with Gasteiger partial charge in [-0.3, -0.25) is 0 Å². The van der Waals surface area contributed by atoms with Crippen LogP contribution in [0.4, 0.5) is 5.82 Å². The van der Waals surface area contributed by atoms with Crippen molar-refractivity contribution in [1.82, 2.24) is 4.98 Å². The Morgan fingerprint density at radius 2 is 1.76 bits per heavy atom. The Morgan fingerprint density at radius 1 is 1.05 bits per heavy atom. The van der Waals surface area contributed by atoms with E-state index in [0.717, 1.165) is 12.1 Å². The molecule has 0 aliphatic rings. The first-order chi connectivity index (χ1) is 10.1. The number of aromatic nitrogens is 1. The van der Waals surface area contributed by atoms with E-state index >= 15 is 0 Å². The van der Waals surface area contributed by atoms with Crippen LogP contribution in [0.5, 0.6) is 11.5 Å². The molecule has 2 rings (SSSR count). The van der Waals surface area contributed by atoms with E-state index in [-0.39, 0.29) is 0 Å². The Hall–Kier alpha value is -1.65. The van der Waals surface area contributed by atoms with Gasteiger partial charge in [0.2, 0.25) is 0 Å². The molecule has 1 N–H and O–H groups in total. The maximum absolute atomic E-state index is 6.26. The number of hydrogen-bond acceptors (Lipinski definition) is 4. The smallest absolute Gasteiger partial charge is 0.161 e. The second-order valence-electron chi connectivity index (χ2n) is 4.25. The number of nitrogens with one attached hydrogen (secondary N) is 1. The summed E-state index contributed by atoms with van der Waals surface area (Å²) < 4.78 is 10.5. The van der Waals surface area contributed by atoms with Gasteiger partial charge in [-0.05, 0) is 31.2 Å². The Kier molecular flexibility index (Phi) is 5.15. The number of rotatable bonds is 5. The first kappa shape index (κ1) is 15.7. The Morgan fingerprint density at radius 3 is 2.38 bits per heavy atom. The SMILES string of the molecule is CCNc1nc(-c2ccc(OC)c(OC)c2)c(Cl)cc1Cl. The highest BCUT2D eigenvalue weighted by atomic mass is 35.5. The van der Waals surface area contributed by atoms with Crippen molar-refractivity contribution in [3.05, 3.63) is 34.3 Å². The average Bonchev–Trinajstić information content (AvgIpc) is 2.49. The number of nitrogens with zero attached hydrogens (tertiary/aromatic N) is 1. The molecule has 0 saturated carbocycles. The van der Waals surface area contributed by atoms with Crippen LogP contribution in [0.3, 0.4) is 0 Å². The lowest BCUT2D eigenvalue weighted by molar-refractivity contribution is 0.355. The lowest BCUT2D eigenvalue weighted by Gasteiger charge is -2.12. The number of benzene rings is 1. The normalized spacial score (nSPS) is 10.3. The maximum Gasteiger partial charge on any atom is 0.161 e. The van der Waals surface area contributed by atoms with Gasteiger partial charge in [0, 0.05) is 12.1 Å². The summed E-state index contributed by atoms with van der Waals surface area (Å²) >= 11 is 12.4. The number of halogens is 2. The van der Waals surface area contributed by atoms with E-state index in [9.17, 15) is 0 Å². The van der Waals surface area contributed by atoms with Gasteiger partial charge in [-0.2, -0.15) is 0 Å². The molecule has 0 bridgehead atoms. The lowest BCUT2D eigenvalue weighted by atomic mass is 10.1. The number of hydrogen-bond donors (Lipinski definition) is 1. The second kappa shape index (κ2) is 6.87. The third-order valence-corrected chi connectivity index (χ3v) is 3.51. The van der Waals surface area contributed by atoms with Gasteiger partial charge in [0.25, 0.3) is 0 Å².